The summed E-state index contributed by atoms with van der Waals surface area (Å²) in [7, 11) is 0. The Bertz CT molecular complexity index is 875. The van der Waals surface area contributed by atoms with Crippen LogP contribution in [0.4, 0.5) is 0 Å². The first kappa shape index (κ1) is 16.8. The predicted octanol–water partition coefficient (Wildman–Crippen LogP) is 3.41. The summed E-state index contributed by atoms with van der Waals surface area (Å²) in [5, 5.41) is 11.0. The summed E-state index contributed by atoms with van der Waals surface area (Å²) in [4.78, 5) is 17.1. The lowest BCUT2D eigenvalue weighted by Gasteiger charge is -2.15. The summed E-state index contributed by atoms with van der Waals surface area (Å²) >= 11 is 1.54. The summed E-state index contributed by atoms with van der Waals surface area (Å²) in [5.74, 6) is 1.63. The second-order valence-corrected chi connectivity index (χ2v) is 7.45. The Balaban J connectivity index is 1.27. The van der Waals surface area contributed by atoms with Crippen molar-refractivity contribution in [3.8, 4) is 11.4 Å². The normalized spacial score (nSPS) is 14.8. The number of benzene rings is 2. The Morgan fingerprint density at radius 2 is 1.77 bits per heavy atom. The maximum Gasteiger partial charge on any atom is 0.230 e. The molecule has 1 amide bonds. The molecule has 4 rings (SSSR count). The van der Waals surface area contributed by atoms with Crippen LogP contribution in [-0.4, -0.2) is 33.4 Å². The first-order chi connectivity index (χ1) is 12.8. The topological polar surface area (TPSA) is 70.7 Å². The lowest BCUT2D eigenvalue weighted by atomic mass is 9.95. The van der Waals surface area contributed by atoms with Gasteiger partial charge >= 0.3 is 0 Å². The van der Waals surface area contributed by atoms with Crippen LogP contribution in [-0.2, 0) is 10.2 Å². The average molecular weight is 364 g/mol. The van der Waals surface area contributed by atoms with E-state index in [0.717, 1.165) is 35.5 Å². The Morgan fingerprint density at radius 1 is 1.08 bits per heavy atom. The fraction of sp³-hybridized carbons (Fsp3) is 0.250. The lowest BCUT2D eigenvalue weighted by Crippen LogP contribution is -2.36. The highest BCUT2D eigenvalue weighted by Gasteiger charge is 2.50. The van der Waals surface area contributed by atoms with E-state index < -0.39 is 0 Å². The van der Waals surface area contributed by atoms with Crippen molar-refractivity contribution >= 4 is 17.7 Å². The highest BCUT2D eigenvalue weighted by Crippen LogP contribution is 2.48. The van der Waals surface area contributed by atoms with Gasteiger partial charge in [0.2, 0.25) is 11.1 Å². The van der Waals surface area contributed by atoms with Gasteiger partial charge in [-0.05, 0) is 18.4 Å². The summed E-state index contributed by atoms with van der Waals surface area (Å²) < 4.78 is 0. The van der Waals surface area contributed by atoms with Crippen molar-refractivity contribution in [3.63, 3.8) is 0 Å². The molecule has 3 aromatic rings. The van der Waals surface area contributed by atoms with Crippen LogP contribution in [0.15, 0.2) is 65.8 Å². The molecule has 0 atom stereocenters. The molecule has 1 aliphatic carbocycles. The summed E-state index contributed by atoms with van der Waals surface area (Å²) in [5.41, 5.74) is 1.82. The van der Waals surface area contributed by atoms with Crippen molar-refractivity contribution in [1.82, 2.24) is 20.5 Å². The highest BCUT2D eigenvalue weighted by molar-refractivity contribution is 7.99. The maximum atomic E-state index is 12.6. The number of rotatable bonds is 7. The van der Waals surface area contributed by atoms with E-state index in [4.69, 9.17) is 0 Å². The zero-order valence-corrected chi connectivity index (χ0v) is 15.1. The molecule has 6 heteroatoms. The lowest BCUT2D eigenvalue weighted by molar-refractivity contribution is -0.123. The van der Waals surface area contributed by atoms with Crippen LogP contribution in [0.2, 0.25) is 0 Å². The molecule has 0 spiro atoms. The van der Waals surface area contributed by atoms with Gasteiger partial charge in [-0.2, -0.15) is 0 Å². The van der Waals surface area contributed by atoms with Gasteiger partial charge < -0.3 is 5.32 Å². The van der Waals surface area contributed by atoms with Crippen LogP contribution in [0.5, 0.6) is 0 Å². The zero-order valence-electron chi connectivity index (χ0n) is 14.3. The minimum absolute atomic E-state index is 0.129. The molecular weight excluding hydrogens is 344 g/mol. The summed E-state index contributed by atoms with van der Waals surface area (Å²) in [6.07, 6.45) is 1.86. The minimum Gasteiger partial charge on any atom is -0.354 e. The fourth-order valence-electron chi connectivity index (χ4n) is 3.04. The number of nitrogens with zero attached hydrogens (tertiary/aromatic N) is 2. The Labute approximate surface area is 156 Å². The Kier molecular flexibility index (Phi) is 4.75. The van der Waals surface area contributed by atoms with Gasteiger partial charge in [0, 0.05) is 17.9 Å². The second kappa shape index (κ2) is 7.33. The first-order valence-electron chi connectivity index (χ1n) is 8.72. The molecule has 1 aromatic heterocycles. The number of nitrogens with one attached hydrogen (secondary N) is 2. The van der Waals surface area contributed by atoms with Crippen LogP contribution < -0.4 is 5.32 Å². The van der Waals surface area contributed by atoms with Crippen molar-refractivity contribution in [3.05, 3.63) is 66.2 Å². The van der Waals surface area contributed by atoms with Crippen molar-refractivity contribution in [1.29, 1.82) is 0 Å². The van der Waals surface area contributed by atoms with Crippen LogP contribution in [0.1, 0.15) is 18.4 Å². The van der Waals surface area contributed by atoms with E-state index >= 15 is 0 Å². The standard InChI is InChI=1S/C20H20N4OS/c25-18(20(11-12-20)16-9-5-2-6-10-16)21-13-14-26-19-22-17(23-24-19)15-7-3-1-4-8-15/h1-10H,11-14H2,(H,21,25)(H,22,23,24). The number of carbonyl (C=O) groups excluding carboxylic acids is 1. The minimum atomic E-state index is -0.309. The molecule has 5 nitrogen and oxygen atoms in total. The zero-order chi connectivity index (χ0) is 17.8. The van der Waals surface area contributed by atoms with Crippen molar-refractivity contribution < 1.29 is 4.79 Å². The van der Waals surface area contributed by atoms with E-state index in [1.807, 2.05) is 60.7 Å². The fourth-order valence-corrected chi connectivity index (χ4v) is 3.69. The average Bonchev–Trinajstić information content (AvgIpc) is 3.38. The third-order valence-electron chi connectivity index (χ3n) is 4.64. The van der Waals surface area contributed by atoms with E-state index in [-0.39, 0.29) is 11.3 Å². The van der Waals surface area contributed by atoms with Crippen LogP contribution in [0, 0.1) is 0 Å². The maximum absolute atomic E-state index is 12.6. The number of H-pyrrole nitrogens is 1. The first-order valence-corrected chi connectivity index (χ1v) is 9.71. The second-order valence-electron chi connectivity index (χ2n) is 6.39. The third-order valence-corrected chi connectivity index (χ3v) is 5.49. The van der Waals surface area contributed by atoms with Crippen LogP contribution >= 0.6 is 11.8 Å². The molecule has 1 saturated carbocycles. The van der Waals surface area contributed by atoms with Gasteiger partial charge in [0.15, 0.2) is 5.82 Å². The van der Waals surface area contributed by atoms with E-state index in [1.165, 1.54) is 11.8 Å². The molecule has 1 aliphatic rings. The third kappa shape index (κ3) is 3.51. The predicted molar refractivity (Wildman–Crippen MR) is 103 cm³/mol. The summed E-state index contributed by atoms with van der Waals surface area (Å²) in [6, 6.07) is 20.0. The van der Waals surface area contributed by atoms with Gasteiger partial charge in [-0.3, -0.25) is 9.89 Å². The van der Waals surface area contributed by atoms with Gasteiger partial charge in [0.25, 0.3) is 0 Å². The number of amides is 1. The Morgan fingerprint density at radius 3 is 2.46 bits per heavy atom. The molecule has 1 fully saturated rings. The largest absolute Gasteiger partial charge is 0.354 e. The quantitative estimate of drug-likeness (QED) is 0.498. The molecule has 0 saturated heterocycles. The van der Waals surface area contributed by atoms with Gasteiger partial charge in [-0.25, -0.2) is 4.98 Å². The molecule has 2 N–H and O–H groups in total. The van der Waals surface area contributed by atoms with E-state index in [9.17, 15) is 4.79 Å². The van der Waals surface area contributed by atoms with Crippen LogP contribution in [0.25, 0.3) is 11.4 Å². The number of hydrogen-bond donors (Lipinski definition) is 2. The number of carbonyl (C=O) groups is 1. The number of aromatic amines is 1. The van der Waals surface area contributed by atoms with Gasteiger partial charge in [0.05, 0.1) is 5.41 Å². The van der Waals surface area contributed by atoms with Crippen molar-refractivity contribution in [2.24, 2.45) is 0 Å². The molecule has 0 bridgehead atoms. The number of thioether (sulfide) groups is 1. The molecule has 0 unspecified atom stereocenters. The van der Waals surface area contributed by atoms with Crippen molar-refractivity contribution in [2.45, 2.75) is 23.4 Å². The van der Waals surface area contributed by atoms with E-state index in [0.29, 0.717) is 11.7 Å². The number of aromatic nitrogens is 3. The molecule has 1 heterocycles. The van der Waals surface area contributed by atoms with Gasteiger partial charge in [-0.1, -0.05) is 72.4 Å². The SMILES string of the molecule is O=C(NCCSc1n[nH]c(-c2ccccc2)n1)C1(c2ccccc2)CC1. The molecule has 2 aromatic carbocycles. The van der Waals surface area contributed by atoms with Gasteiger partial charge in [0.1, 0.15) is 0 Å². The highest BCUT2D eigenvalue weighted by atomic mass is 32.2. The molecule has 0 radical (unpaired) electrons. The van der Waals surface area contributed by atoms with E-state index in [1.54, 1.807) is 0 Å². The van der Waals surface area contributed by atoms with E-state index in [2.05, 4.69) is 20.5 Å². The molecular formula is C20H20N4OS. The monoisotopic (exact) mass is 364 g/mol. The van der Waals surface area contributed by atoms with Crippen LogP contribution in [0.3, 0.4) is 0 Å². The molecule has 0 aliphatic heterocycles. The van der Waals surface area contributed by atoms with Gasteiger partial charge in [-0.15, -0.1) is 5.10 Å². The smallest absolute Gasteiger partial charge is 0.230 e. The van der Waals surface area contributed by atoms with Crippen molar-refractivity contribution in [2.75, 3.05) is 12.3 Å². The number of hydrogen-bond acceptors (Lipinski definition) is 4. The molecule has 26 heavy (non-hydrogen) atoms. The Hall–Kier alpha value is -2.60. The summed E-state index contributed by atoms with van der Waals surface area (Å²) in [6.45, 7) is 0.604. The molecule has 132 valence electrons.